The minimum absolute atomic E-state index is 0.289. The van der Waals surface area contributed by atoms with Gasteiger partial charge in [-0.1, -0.05) is 6.92 Å². The molecule has 1 aliphatic rings. The Labute approximate surface area is 115 Å². The summed E-state index contributed by atoms with van der Waals surface area (Å²) in [6.45, 7) is 9.07. The summed E-state index contributed by atoms with van der Waals surface area (Å²) in [6, 6.07) is 0.355. The van der Waals surface area contributed by atoms with Crippen molar-refractivity contribution in [2.75, 3.05) is 39.3 Å². The smallest absolute Gasteiger partial charge is 0.0945 e. The second-order valence-corrected chi connectivity index (χ2v) is 5.28. The molecule has 0 spiro atoms. The van der Waals surface area contributed by atoms with Crippen molar-refractivity contribution in [2.24, 2.45) is 0 Å². The fourth-order valence-corrected chi connectivity index (χ4v) is 2.75. The van der Waals surface area contributed by atoms with Gasteiger partial charge in [-0.15, -0.1) is 0 Å². The summed E-state index contributed by atoms with van der Waals surface area (Å²) in [6.07, 6.45) is 7.94. The van der Waals surface area contributed by atoms with Crippen LogP contribution in [0.25, 0.3) is 0 Å². The molecule has 1 atom stereocenters. The summed E-state index contributed by atoms with van der Waals surface area (Å²) < 4.78 is 2.13. The summed E-state index contributed by atoms with van der Waals surface area (Å²) in [5.41, 5.74) is 0. The van der Waals surface area contributed by atoms with E-state index in [2.05, 4.69) is 26.3 Å². The van der Waals surface area contributed by atoms with Crippen molar-refractivity contribution in [3.63, 3.8) is 0 Å². The number of aliphatic hydroxyl groups is 1. The first kappa shape index (κ1) is 14.5. The van der Waals surface area contributed by atoms with Gasteiger partial charge in [-0.2, -0.15) is 0 Å². The first-order valence-electron chi connectivity index (χ1n) is 7.36. The van der Waals surface area contributed by atoms with Gasteiger partial charge < -0.3 is 14.6 Å². The van der Waals surface area contributed by atoms with Gasteiger partial charge in [0, 0.05) is 51.2 Å². The summed E-state index contributed by atoms with van der Waals surface area (Å²) in [5, 5.41) is 9.33. The van der Waals surface area contributed by atoms with Crippen molar-refractivity contribution in [1.29, 1.82) is 0 Å². The predicted octanol–water partition coefficient (Wildman–Crippen LogP) is 0.662. The van der Waals surface area contributed by atoms with Crippen LogP contribution in [-0.2, 0) is 6.54 Å². The number of piperazine rings is 1. The lowest BCUT2D eigenvalue weighted by Gasteiger charge is -2.38. The van der Waals surface area contributed by atoms with Crippen molar-refractivity contribution in [2.45, 2.75) is 32.4 Å². The second-order valence-electron chi connectivity index (χ2n) is 5.28. The average Bonchev–Trinajstić information content (AvgIpc) is 2.95. The molecule has 0 aromatic carbocycles. The Morgan fingerprint density at radius 3 is 2.58 bits per heavy atom. The zero-order valence-corrected chi connectivity index (χ0v) is 11.9. The lowest BCUT2D eigenvalue weighted by atomic mass is 10.1. The van der Waals surface area contributed by atoms with E-state index in [0.29, 0.717) is 6.04 Å². The summed E-state index contributed by atoms with van der Waals surface area (Å²) in [4.78, 5) is 9.00. The SMILES string of the molecule is CCC(CO)N1CCN(CCCn2ccnc2)CC1. The zero-order valence-electron chi connectivity index (χ0n) is 11.9. The zero-order chi connectivity index (χ0) is 13.5. The van der Waals surface area contributed by atoms with E-state index in [0.717, 1.165) is 45.7 Å². The minimum atomic E-state index is 0.289. The number of aliphatic hydroxyl groups excluding tert-OH is 1. The predicted molar refractivity (Wildman–Crippen MR) is 76.0 cm³/mol. The lowest BCUT2D eigenvalue weighted by Crippen LogP contribution is -2.51. The van der Waals surface area contributed by atoms with Gasteiger partial charge in [0.15, 0.2) is 0 Å². The number of imidazole rings is 1. The van der Waals surface area contributed by atoms with Crippen LogP contribution in [0.3, 0.4) is 0 Å². The molecule has 0 aliphatic carbocycles. The molecule has 1 unspecified atom stereocenters. The third-order valence-electron chi connectivity index (χ3n) is 4.06. The van der Waals surface area contributed by atoms with E-state index in [1.54, 1.807) is 0 Å². The molecule has 5 nitrogen and oxygen atoms in total. The topological polar surface area (TPSA) is 44.5 Å². The molecule has 2 heterocycles. The molecule has 0 radical (unpaired) electrons. The molecule has 108 valence electrons. The molecule has 1 saturated heterocycles. The molecule has 5 heteroatoms. The standard InChI is InChI=1S/C14H26N4O/c1-2-14(12-19)18-10-8-16(9-11-18)5-3-6-17-7-4-15-13-17/h4,7,13-14,19H,2-3,5-6,8-12H2,1H3. The Morgan fingerprint density at radius 1 is 1.21 bits per heavy atom. The van der Waals surface area contributed by atoms with Gasteiger partial charge in [0.2, 0.25) is 0 Å². The van der Waals surface area contributed by atoms with Crippen LogP contribution in [0.2, 0.25) is 0 Å². The molecule has 1 N–H and O–H groups in total. The van der Waals surface area contributed by atoms with E-state index >= 15 is 0 Å². The van der Waals surface area contributed by atoms with E-state index in [9.17, 15) is 5.11 Å². The van der Waals surface area contributed by atoms with Crippen LogP contribution in [0.4, 0.5) is 0 Å². The fourth-order valence-electron chi connectivity index (χ4n) is 2.75. The fraction of sp³-hybridized carbons (Fsp3) is 0.786. The second kappa shape index (κ2) is 7.62. The molecule has 2 rings (SSSR count). The number of nitrogens with zero attached hydrogens (tertiary/aromatic N) is 4. The van der Waals surface area contributed by atoms with E-state index < -0.39 is 0 Å². The molecule has 19 heavy (non-hydrogen) atoms. The molecular weight excluding hydrogens is 240 g/mol. The minimum Gasteiger partial charge on any atom is -0.395 e. The van der Waals surface area contributed by atoms with Crippen molar-refractivity contribution in [3.8, 4) is 0 Å². The number of hydrogen-bond donors (Lipinski definition) is 1. The molecule has 0 saturated carbocycles. The quantitative estimate of drug-likeness (QED) is 0.787. The number of rotatable bonds is 7. The molecule has 0 amide bonds. The molecule has 1 aliphatic heterocycles. The van der Waals surface area contributed by atoms with Crippen LogP contribution in [0, 0.1) is 0 Å². The van der Waals surface area contributed by atoms with Crippen molar-refractivity contribution in [1.82, 2.24) is 19.4 Å². The Balaban J connectivity index is 1.63. The van der Waals surface area contributed by atoms with Crippen LogP contribution in [-0.4, -0.2) is 69.8 Å². The van der Waals surface area contributed by atoms with Crippen molar-refractivity contribution < 1.29 is 5.11 Å². The van der Waals surface area contributed by atoms with Gasteiger partial charge in [-0.25, -0.2) is 4.98 Å². The van der Waals surface area contributed by atoms with Gasteiger partial charge in [0.25, 0.3) is 0 Å². The number of hydrogen-bond acceptors (Lipinski definition) is 4. The van der Waals surface area contributed by atoms with Crippen molar-refractivity contribution >= 4 is 0 Å². The average molecular weight is 266 g/mol. The third kappa shape index (κ3) is 4.30. The maximum absolute atomic E-state index is 9.33. The highest BCUT2D eigenvalue weighted by Gasteiger charge is 2.21. The Hall–Kier alpha value is -0.910. The highest BCUT2D eigenvalue weighted by molar-refractivity contribution is 4.78. The summed E-state index contributed by atoms with van der Waals surface area (Å²) >= 11 is 0. The molecule has 0 bridgehead atoms. The molecular formula is C14H26N4O. The van der Waals surface area contributed by atoms with Crippen LogP contribution < -0.4 is 0 Å². The maximum Gasteiger partial charge on any atom is 0.0945 e. The van der Waals surface area contributed by atoms with E-state index in [1.165, 1.54) is 6.42 Å². The maximum atomic E-state index is 9.33. The normalized spacial score (nSPS) is 19.7. The van der Waals surface area contributed by atoms with Gasteiger partial charge in [0.1, 0.15) is 0 Å². The van der Waals surface area contributed by atoms with Gasteiger partial charge in [-0.05, 0) is 19.4 Å². The summed E-state index contributed by atoms with van der Waals surface area (Å²) in [7, 11) is 0. The monoisotopic (exact) mass is 266 g/mol. The first-order valence-corrected chi connectivity index (χ1v) is 7.36. The lowest BCUT2D eigenvalue weighted by molar-refractivity contribution is 0.0628. The highest BCUT2D eigenvalue weighted by atomic mass is 16.3. The Kier molecular flexibility index (Phi) is 5.82. The van der Waals surface area contributed by atoms with E-state index in [4.69, 9.17) is 0 Å². The molecule has 1 fully saturated rings. The van der Waals surface area contributed by atoms with Crippen LogP contribution in [0.1, 0.15) is 19.8 Å². The first-order chi connectivity index (χ1) is 9.33. The number of aromatic nitrogens is 2. The highest BCUT2D eigenvalue weighted by Crippen LogP contribution is 2.09. The summed E-state index contributed by atoms with van der Waals surface area (Å²) in [5.74, 6) is 0. The Morgan fingerprint density at radius 2 is 2.00 bits per heavy atom. The van der Waals surface area contributed by atoms with Gasteiger partial charge in [0.05, 0.1) is 12.9 Å². The van der Waals surface area contributed by atoms with E-state index in [-0.39, 0.29) is 6.61 Å². The van der Waals surface area contributed by atoms with Crippen LogP contribution in [0.15, 0.2) is 18.7 Å². The van der Waals surface area contributed by atoms with Crippen LogP contribution >= 0.6 is 0 Å². The third-order valence-corrected chi connectivity index (χ3v) is 4.06. The molecule has 1 aromatic rings. The Bertz CT molecular complexity index is 329. The van der Waals surface area contributed by atoms with Crippen molar-refractivity contribution in [3.05, 3.63) is 18.7 Å². The largest absolute Gasteiger partial charge is 0.395 e. The van der Waals surface area contributed by atoms with Gasteiger partial charge >= 0.3 is 0 Å². The van der Waals surface area contributed by atoms with Gasteiger partial charge in [-0.3, -0.25) is 4.90 Å². The van der Waals surface area contributed by atoms with E-state index in [1.807, 2.05) is 18.7 Å². The molecule has 1 aromatic heterocycles. The number of aryl methyl sites for hydroxylation is 1. The van der Waals surface area contributed by atoms with Crippen LogP contribution in [0.5, 0.6) is 0 Å².